The van der Waals surface area contributed by atoms with Crippen molar-refractivity contribution in [1.82, 2.24) is 10.2 Å². The summed E-state index contributed by atoms with van der Waals surface area (Å²) in [6.07, 6.45) is 2.62. The van der Waals surface area contributed by atoms with Gasteiger partial charge in [-0.25, -0.2) is 0 Å². The maximum Gasteiger partial charge on any atom is 0.222 e. The lowest BCUT2D eigenvalue weighted by Gasteiger charge is -2.33. The first-order valence-corrected chi connectivity index (χ1v) is 9.04. The summed E-state index contributed by atoms with van der Waals surface area (Å²) in [7, 11) is 1.90. The first-order chi connectivity index (χ1) is 10.2. The molecule has 1 aliphatic heterocycles. The number of amides is 1. The maximum atomic E-state index is 11.6. The van der Waals surface area contributed by atoms with Gasteiger partial charge in [-0.15, -0.1) is 22.7 Å². The summed E-state index contributed by atoms with van der Waals surface area (Å²) >= 11 is 3.62. The molecular formula is C16H20N2OS2. The van der Waals surface area contributed by atoms with Crippen LogP contribution in [0.2, 0.25) is 0 Å². The van der Waals surface area contributed by atoms with Crippen molar-refractivity contribution in [2.24, 2.45) is 0 Å². The van der Waals surface area contributed by atoms with Gasteiger partial charge in [-0.2, -0.15) is 0 Å². The highest BCUT2D eigenvalue weighted by atomic mass is 32.1. The molecule has 2 atom stereocenters. The van der Waals surface area contributed by atoms with E-state index in [-0.39, 0.29) is 5.91 Å². The summed E-state index contributed by atoms with van der Waals surface area (Å²) in [5, 5.41) is 8.04. The molecule has 0 aliphatic carbocycles. The van der Waals surface area contributed by atoms with E-state index < -0.39 is 0 Å². The predicted octanol–water partition coefficient (Wildman–Crippen LogP) is 3.30. The first-order valence-electron chi connectivity index (χ1n) is 7.28. The minimum Gasteiger partial charge on any atom is -0.344 e. The maximum absolute atomic E-state index is 11.6. The molecule has 2 aromatic rings. The van der Waals surface area contributed by atoms with Crippen LogP contribution in [0.4, 0.5) is 0 Å². The van der Waals surface area contributed by atoms with E-state index in [1.165, 1.54) is 9.75 Å². The van der Waals surface area contributed by atoms with Crippen molar-refractivity contribution in [2.75, 3.05) is 13.6 Å². The fourth-order valence-electron chi connectivity index (χ4n) is 2.79. The Labute approximate surface area is 133 Å². The first kappa shape index (κ1) is 14.8. The number of likely N-dealkylation sites (tertiary alicyclic amines) is 1. The van der Waals surface area contributed by atoms with E-state index in [4.69, 9.17) is 0 Å². The molecule has 0 saturated carbocycles. The normalized spacial score (nSPS) is 20.7. The van der Waals surface area contributed by atoms with Gasteiger partial charge in [0.1, 0.15) is 0 Å². The number of nitrogens with zero attached hydrogens (tertiary/aromatic N) is 1. The van der Waals surface area contributed by atoms with Crippen molar-refractivity contribution in [3.05, 3.63) is 44.8 Å². The molecular weight excluding hydrogens is 300 g/mol. The summed E-state index contributed by atoms with van der Waals surface area (Å²) in [5.41, 5.74) is 0. The number of nitrogens with one attached hydrogen (secondary N) is 1. The molecule has 1 fully saturated rings. The largest absolute Gasteiger partial charge is 0.344 e. The molecule has 3 nitrogen and oxygen atoms in total. The third-order valence-corrected chi connectivity index (χ3v) is 5.82. The number of carbonyl (C=O) groups excluding carboxylic acids is 1. The summed E-state index contributed by atoms with van der Waals surface area (Å²) in [6.45, 7) is 0.811. The lowest BCUT2D eigenvalue weighted by molar-refractivity contribution is -0.132. The highest BCUT2D eigenvalue weighted by molar-refractivity contribution is 7.10. The molecule has 0 bridgehead atoms. The average Bonchev–Trinajstić information content (AvgIpc) is 3.15. The smallest absolute Gasteiger partial charge is 0.222 e. The number of piperidine rings is 1. The van der Waals surface area contributed by atoms with Gasteiger partial charge in [0.25, 0.3) is 0 Å². The zero-order valence-electron chi connectivity index (χ0n) is 12.1. The Kier molecular flexibility index (Phi) is 4.73. The molecule has 0 aromatic carbocycles. The van der Waals surface area contributed by atoms with E-state index >= 15 is 0 Å². The Bertz CT molecular complexity index is 565. The van der Waals surface area contributed by atoms with Crippen LogP contribution in [-0.4, -0.2) is 30.4 Å². The number of hydrogen-bond donors (Lipinski definition) is 1. The van der Waals surface area contributed by atoms with Crippen molar-refractivity contribution < 1.29 is 4.79 Å². The number of likely N-dealkylation sites (N-methyl/N-ethyl adjacent to an activating group) is 1. The molecule has 2 aromatic heterocycles. The van der Waals surface area contributed by atoms with Gasteiger partial charge < -0.3 is 10.2 Å². The predicted molar refractivity (Wildman–Crippen MR) is 88.9 cm³/mol. The van der Waals surface area contributed by atoms with E-state index in [0.29, 0.717) is 18.5 Å². The molecule has 2 unspecified atom stereocenters. The monoisotopic (exact) mass is 320 g/mol. The van der Waals surface area contributed by atoms with Gasteiger partial charge in [-0.1, -0.05) is 12.1 Å². The van der Waals surface area contributed by atoms with Crippen molar-refractivity contribution in [3.63, 3.8) is 0 Å². The molecule has 1 saturated heterocycles. The summed E-state index contributed by atoms with van der Waals surface area (Å²) < 4.78 is 0. The van der Waals surface area contributed by atoms with Crippen molar-refractivity contribution in [3.8, 4) is 0 Å². The highest BCUT2D eigenvalue weighted by Crippen LogP contribution is 2.26. The zero-order chi connectivity index (χ0) is 14.7. The van der Waals surface area contributed by atoms with Gasteiger partial charge >= 0.3 is 0 Å². The van der Waals surface area contributed by atoms with E-state index in [1.54, 1.807) is 11.3 Å². The minimum atomic E-state index is 0.263. The standard InChI is InChI=1S/C16H20N2OS2/c1-18-11-12(6-7-16(18)19)17-14(15-5-3-9-21-15)10-13-4-2-8-20-13/h2-5,8-9,12,14,17H,6-7,10-11H2,1H3. The molecule has 21 heavy (non-hydrogen) atoms. The van der Waals surface area contributed by atoms with Crippen LogP contribution in [-0.2, 0) is 11.2 Å². The molecule has 112 valence electrons. The van der Waals surface area contributed by atoms with E-state index in [1.807, 2.05) is 23.3 Å². The Balaban J connectivity index is 1.69. The van der Waals surface area contributed by atoms with Crippen LogP contribution in [0.3, 0.4) is 0 Å². The van der Waals surface area contributed by atoms with Gasteiger partial charge in [-0.05, 0) is 29.3 Å². The Morgan fingerprint density at radius 1 is 1.33 bits per heavy atom. The quantitative estimate of drug-likeness (QED) is 0.917. The van der Waals surface area contributed by atoms with Gasteiger partial charge in [0.15, 0.2) is 0 Å². The van der Waals surface area contributed by atoms with Crippen LogP contribution in [0.25, 0.3) is 0 Å². The Morgan fingerprint density at radius 3 is 2.81 bits per heavy atom. The van der Waals surface area contributed by atoms with Gasteiger partial charge in [0.2, 0.25) is 5.91 Å². The SMILES string of the molecule is CN1CC(NC(Cc2cccs2)c2cccs2)CCC1=O. The van der Waals surface area contributed by atoms with Crippen molar-refractivity contribution >= 4 is 28.6 Å². The third kappa shape index (κ3) is 3.73. The van der Waals surface area contributed by atoms with Crippen LogP contribution in [0, 0.1) is 0 Å². The zero-order valence-corrected chi connectivity index (χ0v) is 13.8. The van der Waals surface area contributed by atoms with Gasteiger partial charge in [-0.3, -0.25) is 4.79 Å². The van der Waals surface area contributed by atoms with Crippen LogP contribution in [0.5, 0.6) is 0 Å². The molecule has 1 amide bonds. The Hall–Kier alpha value is -1.17. The molecule has 1 N–H and O–H groups in total. The van der Waals surface area contributed by atoms with Crippen molar-refractivity contribution in [2.45, 2.75) is 31.3 Å². The summed E-state index contributed by atoms with van der Waals surface area (Å²) in [4.78, 5) is 16.2. The molecule has 0 spiro atoms. The lowest BCUT2D eigenvalue weighted by atomic mass is 10.0. The number of carbonyl (C=O) groups is 1. The van der Waals surface area contributed by atoms with Crippen LogP contribution >= 0.6 is 22.7 Å². The Morgan fingerprint density at radius 2 is 2.14 bits per heavy atom. The third-order valence-electron chi connectivity index (χ3n) is 3.94. The molecule has 0 radical (unpaired) electrons. The van der Waals surface area contributed by atoms with Gasteiger partial charge in [0, 0.05) is 48.3 Å². The fourth-order valence-corrected chi connectivity index (χ4v) is 4.33. The van der Waals surface area contributed by atoms with Crippen LogP contribution < -0.4 is 5.32 Å². The van der Waals surface area contributed by atoms with Crippen LogP contribution in [0.1, 0.15) is 28.6 Å². The van der Waals surface area contributed by atoms with Crippen molar-refractivity contribution in [1.29, 1.82) is 0 Å². The highest BCUT2D eigenvalue weighted by Gasteiger charge is 2.25. The number of thiophene rings is 2. The average molecular weight is 320 g/mol. The lowest BCUT2D eigenvalue weighted by Crippen LogP contribution is -2.47. The molecule has 3 heterocycles. The summed E-state index contributed by atoms with van der Waals surface area (Å²) in [5.74, 6) is 0.263. The van der Waals surface area contributed by atoms with E-state index in [2.05, 4.69) is 40.3 Å². The van der Waals surface area contributed by atoms with E-state index in [9.17, 15) is 4.79 Å². The van der Waals surface area contributed by atoms with Gasteiger partial charge in [0.05, 0.1) is 0 Å². The second-order valence-electron chi connectivity index (χ2n) is 5.53. The fraction of sp³-hybridized carbons (Fsp3) is 0.438. The van der Waals surface area contributed by atoms with Crippen LogP contribution in [0.15, 0.2) is 35.0 Å². The van der Waals surface area contributed by atoms with E-state index in [0.717, 1.165) is 19.4 Å². The second kappa shape index (κ2) is 6.73. The minimum absolute atomic E-state index is 0.263. The topological polar surface area (TPSA) is 32.3 Å². The number of hydrogen-bond acceptors (Lipinski definition) is 4. The second-order valence-corrected chi connectivity index (χ2v) is 7.54. The summed E-state index contributed by atoms with van der Waals surface area (Å²) in [6, 6.07) is 9.35. The molecule has 3 rings (SSSR count). The molecule has 5 heteroatoms. The molecule has 1 aliphatic rings. The number of rotatable bonds is 5.